The summed E-state index contributed by atoms with van der Waals surface area (Å²) in [5, 5.41) is 18.7. The van der Waals surface area contributed by atoms with Gasteiger partial charge in [0.25, 0.3) is 0 Å². The third kappa shape index (κ3) is 7.87. The third-order valence-electron chi connectivity index (χ3n) is 5.07. The molecule has 0 spiro atoms. The molecule has 1 saturated carbocycles. The first-order chi connectivity index (χ1) is 12.7. The van der Waals surface area contributed by atoms with E-state index in [4.69, 9.17) is 5.11 Å². The maximum absolute atomic E-state index is 13.6. The second-order valence-electron chi connectivity index (χ2n) is 7.27. The fourth-order valence-corrected chi connectivity index (χ4v) is 3.58. The highest BCUT2D eigenvalue weighted by Gasteiger charge is 2.41. The Labute approximate surface area is 158 Å². The summed E-state index contributed by atoms with van der Waals surface area (Å²) in [4.78, 5) is 34.2. The summed E-state index contributed by atoms with van der Waals surface area (Å²) in [7, 11) is 0. The highest BCUT2D eigenvalue weighted by Crippen LogP contribution is 2.36. The maximum atomic E-state index is 13.6. The first-order valence-corrected chi connectivity index (χ1v) is 9.67. The lowest BCUT2D eigenvalue weighted by atomic mass is 9.86. The Kier molecular flexibility index (Phi) is 9.77. The second-order valence-corrected chi connectivity index (χ2v) is 7.27. The van der Waals surface area contributed by atoms with Crippen molar-refractivity contribution in [2.24, 2.45) is 11.8 Å². The van der Waals surface area contributed by atoms with Crippen molar-refractivity contribution in [2.75, 3.05) is 0 Å². The van der Waals surface area contributed by atoms with Gasteiger partial charge in [-0.1, -0.05) is 19.1 Å². The van der Waals surface area contributed by atoms with Gasteiger partial charge in [0.15, 0.2) is 0 Å². The van der Waals surface area contributed by atoms with E-state index in [1.807, 2.05) is 12.2 Å². The zero-order valence-corrected chi connectivity index (χ0v) is 15.8. The van der Waals surface area contributed by atoms with Crippen molar-refractivity contribution < 1.29 is 33.4 Å². The van der Waals surface area contributed by atoms with Gasteiger partial charge in [-0.15, -0.1) is 0 Å². The summed E-state index contributed by atoms with van der Waals surface area (Å²) in [5.74, 6) is -5.97. The van der Waals surface area contributed by atoms with E-state index in [2.05, 4.69) is 0 Å². The molecule has 27 heavy (non-hydrogen) atoms. The summed E-state index contributed by atoms with van der Waals surface area (Å²) in [6, 6.07) is 0. The van der Waals surface area contributed by atoms with Gasteiger partial charge in [0.2, 0.25) is 5.78 Å². The Morgan fingerprint density at radius 2 is 1.93 bits per heavy atom. The quantitative estimate of drug-likeness (QED) is 0.368. The van der Waals surface area contributed by atoms with Crippen LogP contribution >= 0.6 is 0 Å². The molecule has 7 heteroatoms. The van der Waals surface area contributed by atoms with Crippen molar-refractivity contribution in [1.82, 2.24) is 0 Å². The van der Waals surface area contributed by atoms with Crippen LogP contribution < -0.4 is 0 Å². The molecule has 0 aromatic heterocycles. The summed E-state index contributed by atoms with van der Waals surface area (Å²) in [6.07, 6.45) is 4.66. The average Bonchev–Trinajstić information content (AvgIpc) is 2.84. The molecule has 0 heterocycles. The standard InChI is InChI=1S/C20H30F2O5/c1-2-12-20(21,22)18(25)10-7-9-15-14(16(23)13-17(15)24)8-5-3-4-6-11-19(26)27/h3,5,14-15,17,24H,2,4,6-13H2,1H3,(H,26,27)/b5-3-/t14-,15?,17-/m1/s1. The highest BCUT2D eigenvalue weighted by molar-refractivity contribution is 5.85. The Morgan fingerprint density at radius 1 is 1.22 bits per heavy atom. The Bertz CT molecular complexity index is 544. The van der Waals surface area contributed by atoms with Crippen LogP contribution in [0.2, 0.25) is 0 Å². The molecule has 5 nitrogen and oxygen atoms in total. The summed E-state index contributed by atoms with van der Waals surface area (Å²) in [5.41, 5.74) is 0. The second kappa shape index (κ2) is 11.3. The normalized spacial score (nSPS) is 23.3. The fraction of sp³-hybridized carbons (Fsp3) is 0.750. The number of hydrogen-bond acceptors (Lipinski definition) is 4. The molecule has 0 saturated heterocycles. The van der Waals surface area contributed by atoms with Gasteiger partial charge in [-0.2, -0.15) is 8.78 Å². The van der Waals surface area contributed by atoms with E-state index in [9.17, 15) is 28.3 Å². The molecule has 3 atom stereocenters. The lowest BCUT2D eigenvalue weighted by Gasteiger charge is -2.20. The van der Waals surface area contributed by atoms with E-state index >= 15 is 0 Å². The maximum Gasteiger partial charge on any atom is 0.305 e. The number of halogens is 2. The highest BCUT2D eigenvalue weighted by atomic mass is 19.3. The van der Waals surface area contributed by atoms with Crippen molar-refractivity contribution in [3.63, 3.8) is 0 Å². The van der Waals surface area contributed by atoms with Crippen molar-refractivity contribution in [2.45, 2.75) is 83.2 Å². The zero-order valence-electron chi connectivity index (χ0n) is 15.8. The number of Topliss-reactive ketones (excluding diaryl/α,β-unsaturated/α-hetero) is 2. The lowest BCUT2D eigenvalue weighted by Crippen LogP contribution is -2.28. The van der Waals surface area contributed by atoms with Gasteiger partial charge < -0.3 is 10.2 Å². The van der Waals surface area contributed by atoms with E-state index in [-0.39, 0.29) is 49.7 Å². The largest absolute Gasteiger partial charge is 0.481 e. The molecule has 1 fully saturated rings. The number of hydrogen-bond donors (Lipinski definition) is 2. The first kappa shape index (κ1) is 23.4. The Morgan fingerprint density at radius 3 is 2.56 bits per heavy atom. The molecule has 1 aliphatic rings. The molecule has 1 rings (SSSR count). The van der Waals surface area contributed by atoms with E-state index in [1.165, 1.54) is 0 Å². The number of allylic oxidation sites excluding steroid dienone is 2. The van der Waals surface area contributed by atoms with E-state index in [0.29, 0.717) is 25.7 Å². The predicted molar refractivity (Wildman–Crippen MR) is 96.6 cm³/mol. The molecular weight excluding hydrogens is 358 g/mol. The van der Waals surface area contributed by atoms with Crippen LogP contribution in [0.4, 0.5) is 8.78 Å². The first-order valence-electron chi connectivity index (χ1n) is 9.67. The number of aliphatic hydroxyl groups excluding tert-OH is 1. The average molecular weight is 388 g/mol. The molecule has 0 radical (unpaired) electrons. The van der Waals surface area contributed by atoms with Crippen LogP contribution in [0.15, 0.2) is 12.2 Å². The van der Waals surface area contributed by atoms with Crippen LogP contribution in [0.5, 0.6) is 0 Å². The number of aliphatic carboxylic acids is 1. The van der Waals surface area contributed by atoms with Crippen molar-refractivity contribution in [3.05, 3.63) is 12.2 Å². The lowest BCUT2D eigenvalue weighted by molar-refractivity contribution is -0.144. The number of carboxylic acids is 1. The molecule has 1 aliphatic carbocycles. The number of ketones is 2. The zero-order chi connectivity index (χ0) is 20.4. The number of unbranched alkanes of at least 4 members (excludes halogenated alkanes) is 1. The molecule has 0 aromatic rings. The molecular formula is C20H30F2O5. The van der Waals surface area contributed by atoms with Gasteiger partial charge >= 0.3 is 11.9 Å². The Balaban J connectivity index is 2.47. The van der Waals surface area contributed by atoms with E-state index in [1.54, 1.807) is 6.92 Å². The molecule has 0 amide bonds. The minimum absolute atomic E-state index is 0.0506. The van der Waals surface area contributed by atoms with Crippen LogP contribution in [-0.2, 0) is 14.4 Å². The third-order valence-corrected chi connectivity index (χ3v) is 5.07. The van der Waals surface area contributed by atoms with Crippen molar-refractivity contribution in [1.29, 1.82) is 0 Å². The number of carbonyl (C=O) groups excluding carboxylic acids is 2. The van der Waals surface area contributed by atoms with Gasteiger partial charge in [0.1, 0.15) is 5.78 Å². The number of carboxylic acid groups (broad SMARTS) is 1. The van der Waals surface area contributed by atoms with Crippen LogP contribution in [-0.4, -0.2) is 39.8 Å². The number of alkyl halides is 2. The van der Waals surface area contributed by atoms with Gasteiger partial charge in [0.05, 0.1) is 6.10 Å². The Hall–Kier alpha value is -1.63. The monoisotopic (exact) mass is 388 g/mol. The summed E-state index contributed by atoms with van der Waals surface area (Å²) >= 11 is 0. The van der Waals surface area contributed by atoms with E-state index < -0.39 is 30.2 Å². The fourth-order valence-electron chi connectivity index (χ4n) is 3.58. The van der Waals surface area contributed by atoms with E-state index in [0.717, 1.165) is 0 Å². The topological polar surface area (TPSA) is 91.7 Å². The molecule has 1 unspecified atom stereocenters. The predicted octanol–water partition coefficient (Wildman–Crippen LogP) is 3.93. The van der Waals surface area contributed by atoms with Crippen molar-refractivity contribution >= 4 is 17.5 Å². The molecule has 154 valence electrons. The molecule has 0 aromatic carbocycles. The number of carbonyl (C=O) groups is 3. The minimum atomic E-state index is -3.29. The molecule has 0 bridgehead atoms. The van der Waals surface area contributed by atoms with Crippen LogP contribution in [0.25, 0.3) is 0 Å². The smallest absolute Gasteiger partial charge is 0.305 e. The van der Waals surface area contributed by atoms with Gasteiger partial charge in [-0.3, -0.25) is 14.4 Å². The number of aliphatic hydroxyl groups is 1. The van der Waals surface area contributed by atoms with Gasteiger partial charge in [-0.05, 0) is 44.4 Å². The molecule has 2 N–H and O–H groups in total. The van der Waals surface area contributed by atoms with Crippen LogP contribution in [0.1, 0.15) is 71.1 Å². The van der Waals surface area contributed by atoms with Crippen LogP contribution in [0, 0.1) is 11.8 Å². The van der Waals surface area contributed by atoms with Gasteiger partial charge in [-0.25, -0.2) is 0 Å². The minimum Gasteiger partial charge on any atom is -0.481 e. The summed E-state index contributed by atoms with van der Waals surface area (Å²) < 4.78 is 27.1. The van der Waals surface area contributed by atoms with Crippen molar-refractivity contribution in [3.8, 4) is 0 Å². The molecule has 0 aliphatic heterocycles. The van der Waals surface area contributed by atoms with Crippen LogP contribution in [0.3, 0.4) is 0 Å². The summed E-state index contributed by atoms with van der Waals surface area (Å²) in [6.45, 7) is 1.60. The van der Waals surface area contributed by atoms with Gasteiger partial charge in [0, 0.05) is 31.6 Å². The number of rotatable bonds is 13. The SMILES string of the molecule is CCCC(F)(F)C(=O)CCCC1[C@H](O)CC(=O)[C@@H]1C/C=C\CCCC(=O)O.